The van der Waals surface area contributed by atoms with Gasteiger partial charge in [0.15, 0.2) is 5.82 Å². The number of rotatable bonds is 15. The molecule has 3 heterocycles. The zero-order chi connectivity index (χ0) is 29.7. The molecule has 224 valence electrons. The number of methoxy groups -OCH3 is 1. The number of unbranched alkanes of at least 4 members (excludes halogenated alkanes) is 2. The van der Waals surface area contributed by atoms with Crippen LogP contribution in [0, 0.1) is 6.92 Å². The number of aryl methyl sites for hydroxylation is 3. The lowest BCUT2D eigenvalue weighted by Gasteiger charge is -2.15. The van der Waals surface area contributed by atoms with Gasteiger partial charge in [-0.15, -0.1) is 0 Å². The van der Waals surface area contributed by atoms with Crippen LogP contribution in [-0.4, -0.2) is 40.4 Å². The Hall–Kier alpha value is -3.57. The van der Waals surface area contributed by atoms with Crippen LogP contribution < -0.4 is 4.72 Å². The molecule has 10 nitrogen and oxygen atoms in total. The van der Waals surface area contributed by atoms with E-state index in [2.05, 4.69) is 28.7 Å². The fourth-order valence-corrected chi connectivity index (χ4v) is 6.40. The maximum atomic E-state index is 13.7. The van der Waals surface area contributed by atoms with E-state index < -0.39 is 10.0 Å². The minimum atomic E-state index is -4.03. The molecule has 0 aliphatic heterocycles. The number of anilines is 1. The molecule has 1 aliphatic rings. The summed E-state index contributed by atoms with van der Waals surface area (Å²) in [5.41, 5.74) is 4.44. The molecule has 0 unspecified atom stereocenters. The smallest absolute Gasteiger partial charge is 0.266 e. The monoisotopic (exact) mass is 592 g/mol. The van der Waals surface area contributed by atoms with E-state index in [1.165, 1.54) is 0 Å². The van der Waals surface area contributed by atoms with E-state index >= 15 is 0 Å². The lowest BCUT2D eigenvalue weighted by molar-refractivity contribution is 0.185. The summed E-state index contributed by atoms with van der Waals surface area (Å²) in [5.74, 6) is 2.35. The highest BCUT2D eigenvalue weighted by Gasteiger charge is 2.33. The third kappa shape index (κ3) is 6.73. The van der Waals surface area contributed by atoms with Crippen LogP contribution in [-0.2, 0) is 40.8 Å². The van der Waals surface area contributed by atoms with Crippen molar-refractivity contribution in [3.63, 3.8) is 0 Å². The molecule has 0 amide bonds. The van der Waals surface area contributed by atoms with E-state index in [4.69, 9.17) is 19.3 Å². The molecule has 1 saturated carbocycles. The summed E-state index contributed by atoms with van der Waals surface area (Å²) >= 11 is 0. The van der Waals surface area contributed by atoms with Crippen molar-refractivity contribution in [1.82, 2.24) is 24.9 Å². The second kappa shape index (κ2) is 13.2. The second-order valence-corrected chi connectivity index (χ2v) is 12.6. The summed E-state index contributed by atoms with van der Waals surface area (Å²) < 4.78 is 43.0. The van der Waals surface area contributed by atoms with E-state index in [9.17, 15) is 8.42 Å². The molecule has 0 radical (unpaired) electrons. The van der Waals surface area contributed by atoms with Crippen molar-refractivity contribution in [2.45, 2.75) is 96.1 Å². The standard InChI is InChI=1S/C31H40N6O4S/c1-5-7-11-27-33-28(12-8-6-2)37(34-27)19-22-13-16-25(24(18-22)20-40-4)30-26(10-9-17-32-30)42(38,39)36-31-29(23-14-15-23)21(3)35-41-31/h9-10,13,16-18,23,36H,5-8,11-12,14-15,19-20H2,1-4H3. The fourth-order valence-electron chi connectivity index (χ4n) is 5.23. The Kier molecular flexibility index (Phi) is 9.37. The third-order valence-corrected chi connectivity index (χ3v) is 8.90. The minimum absolute atomic E-state index is 0.0598. The van der Waals surface area contributed by atoms with Crippen molar-refractivity contribution < 1.29 is 17.7 Å². The lowest BCUT2D eigenvalue weighted by atomic mass is 10.0. The number of aromatic nitrogens is 5. The Labute approximate surface area is 248 Å². The molecule has 0 saturated heterocycles. The van der Waals surface area contributed by atoms with Crippen LogP contribution in [0.2, 0.25) is 0 Å². The SMILES string of the molecule is CCCCc1nc(CCCC)n(Cc2ccc(-c3ncccc3S(=O)(=O)Nc3onc(C)c3C3CC3)c(COC)c2)n1. The number of benzene rings is 1. The Morgan fingerprint density at radius 3 is 2.64 bits per heavy atom. The lowest BCUT2D eigenvalue weighted by Crippen LogP contribution is -2.15. The summed E-state index contributed by atoms with van der Waals surface area (Å²) in [4.78, 5) is 9.41. The van der Waals surface area contributed by atoms with Gasteiger partial charge in [-0.05, 0) is 61.8 Å². The van der Waals surface area contributed by atoms with E-state index in [-0.39, 0.29) is 16.7 Å². The molecule has 1 aliphatic carbocycles. The molecule has 4 aromatic rings. The molecule has 1 N–H and O–H groups in total. The average molecular weight is 593 g/mol. The number of hydrogen-bond donors (Lipinski definition) is 1. The average Bonchev–Trinajstić information content (AvgIpc) is 3.65. The molecular formula is C31H40N6O4S. The van der Waals surface area contributed by atoms with E-state index in [0.717, 1.165) is 79.7 Å². The first-order chi connectivity index (χ1) is 20.3. The van der Waals surface area contributed by atoms with Crippen molar-refractivity contribution in [2.24, 2.45) is 0 Å². The van der Waals surface area contributed by atoms with Crippen molar-refractivity contribution >= 4 is 15.9 Å². The molecule has 5 rings (SSSR count). The van der Waals surface area contributed by atoms with Gasteiger partial charge in [0.05, 0.1) is 24.5 Å². The topological polar surface area (TPSA) is 125 Å². The first-order valence-corrected chi connectivity index (χ1v) is 16.3. The first-order valence-electron chi connectivity index (χ1n) is 14.8. The first kappa shape index (κ1) is 29.9. The molecule has 0 spiro atoms. The zero-order valence-corrected chi connectivity index (χ0v) is 25.7. The maximum absolute atomic E-state index is 13.7. The number of nitrogens with one attached hydrogen (secondary N) is 1. The normalized spacial score (nSPS) is 13.5. The Morgan fingerprint density at radius 2 is 1.90 bits per heavy atom. The summed E-state index contributed by atoms with van der Waals surface area (Å²) in [6.45, 7) is 7.04. The Morgan fingerprint density at radius 1 is 1.12 bits per heavy atom. The van der Waals surface area contributed by atoms with Crippen molar-refractivity contribution in [3.8, 4) is 11.3 Å². The molecule has 0 bridgehead atoms. The molecule has 1 fully saturated rings. The van der Waals surface area contributed by atoms with Crippen molar-refractivity contribution in [2.75, 3.05) is 11.8 Å². The van der Waals surface area contributed by atoms with Crippen LogP contribution in [0.5, 0.6) is 0 Å². The number of hydrogen-bond acceptors (Lipinski definition) is 8. The Balaban J connectivity index is 1.46. The van der Waals surface area contributed by atoms with Gasteiger partial charge >= 0.3 is 0 Å². The zero-order valence-electron chi connectivity index (χ0n) is 24.9. The van der Waals surface area contributed by atoms with E-state index in [1.807, 2.05) is 29.8 Å². The van der Waals surface area contributed by atoms with Crippen LogP contribution in [0.15, 0.2) is 45.9 Å². The predicted octanol–water partition coefficient (Wildman–Crippen LogP) is 6.19. The van der Waals surface area contributed by atoms with Crippen LogP contribution in [0.4, 0.5) is 5.88 Å². The van der Waals surface area contributed by atoms with Crippen LogP contribution in [0.3, 0.4) is 0 Å². The number of sulfonamides is 1. The summed E-state index contributed by atoms with van der Waals surface area (Å²) in [6.07, 6.45) is 9.65. The van der Waals surface area contributed by atoms with Gasteiger partial charge in [-0.2, -0.15) is 5.10 Å². The van der Waals surface area contributed by atoms with E-state index in [1.54, 1.807) is 25.4 Å². The quantitative estimate of drug-likeness (QED) is 0.173. The minimum Gasteiger partial charge on any atom is -0.380 e. The highest BCUT2D eigenvalue weighted by Crippen LogP contribution is 2.45. The van der Waals surface area contributed by atoms with Gasteiger partial charge < -0.3 is 9.26 Å². The summed E-state index contributed by atoms with van der Waals surface area (Å²) in [7, 11) is -2.40. The van der Waals surface area contributed by atoms with Gasteiger partial charge in [0.25, 0.3) is 10.0 Å². The molecular weight excluding hydrogens is 552 g/mol. The second-order valence-electron chi connectivity index (χ2n) is 11.0. The molecule has 42 heavy (non-hydrogen) atoms. The van der Waals surface area contributed by atoms with Gasteiger partial charge in [-0.3, -0.25) is 4.98 Å². The number of nitrogens with zero attached hydrogens (tertiary/aromatic N) is 5. The number of pyridine rings is 1. The molecule has 0 atom stereocenters. The Bertz CT molecular complexity index is 1620. The van der Waals surface area contributed by atoms with Gasteiger partial charge in [-0.25, -0.2) is 22.8 Å². The van der Waals surface area contributed by atoms with Crippen LogP contribution in [0.25, 0.3) is 11.3 Å². The predicted molar refractivity (Wildman–Crippen MR) is 161 cm³/mol. The fraction of sp³-hybridized carbons (Fsp3) is 0.484. The molecule has 1 aromatic carbocycles. The summed E-state index contributed by atoms with van der Waals surface area (Å²) in [5, 5.41) is 8.84. The number of ether oxygens (including phenoxy) is 1. The third-order valence-electron chi connectivity index (χ3n) is 7.54. The van der Waals surface area contributed by atoms with Crippen LogP contribution in [0.1, 0.15) is 92.3 Å². The largest absolute Gasteiger partial charge is 0.380 e. The van der Waals surface area contributed by atoms with Crippen molar-refractivity contribution in [1.29, 1.82) is 0 Å². The van der Waals surface area contributed by atoms with Gasteiger partial charge in [0, 0.05) is 37.3 Å². The highest BCUT2D eigenvalue weighted by molar-refractivity contribution is 7.92. The van der Waals surface area contributed by atoms with Gasteiger partial charge in [0.2, 0.25) is 5.88 Å². The van der Waals surface area contributed by atoms with Crippen LogP contribution >= 0.6 is 0 Å². The van der Waals surface area contributed by atoms with Gasteiger partial charge in [0.1, 0.15) is 10.7 Å². The van der Waals surface area contributed by atoms with Crippen molar-refractivity contribution in [3.05, 3.63) is 70.6 Å². The van der Waals surface area contributed by atoms with E-state index in [0.29, 0.717) is 30.1 Å². The highest BCUT2D eigenvalue weighted by atomic mass is 32.2. The van der Waals surface area contributed by atoms with Gasteiger partial charge in [-0.1, -0.05) is 50.0 Å². The molecule has 3 aromatic heterocycles. The molecule has 11 heteroatoms. The summed E-state index contributed by atoms with van der Waals surface area (Å²) in [6, 6.07) is 9.13. The maximum Gasteiger partial charge on any atom is 0.266 e.